The Kier molecular flexibility index (Phi) is 5.17. The minimum absolute atomic E-state index is 0.0131. The van der Waals surface area contributed by atoms with E-state index in [9.17, 15) is 9.59 Å². The lowest BCUT2D eigenvalue weighted by atomic mass is 9.85. The summed E-state index contributed by atoms with van der Waals surface area (Å²) in [5, 5.41) is 2.75. The second-order valence-electron chi connectivity index (χ2n) is 8.84. The van der Waals surface area contributed by atoms with Crippen LogP contribution in [-0.2, 0) is 25.5 Å². The summed E-state index contributed by atoms with van der Waals surface area (Å²) in [5.41, 5.74) is 2.64. The maximum atomic E-state index is 12.2. The molecule has 0 saturated carbocycles. The van der Waals surface area contributed by atoms with Gasteiger partial charge in [-0.2, -0.15) is 0 Å². The molecule has 8 nitrogen and oxygen atoms in total. The lowest BCUT2D eigenvalue weighted by Crippen LogP contribution is -2.29. The van der Waals surface area contributed by atoms with E-state index in [1.807, 2.05) is 24.3 Å². The molecule has 4 atom stereocenters. The number of aromatic nitrogens is 2. The van der Waals surface area contributed by atoms with Gasteiger partial charge in [0, 0.05) is 5.92 Å². The van der Waals surface area contributed by atoms with Gasteiger partial charge in [-0.15, -0.1) is 0 Å². The SMILES string of the molecule is C[C@@]12CC/C=C(/COC(=O)NCc3nc4ccccc4[nH]3)CC[C@H]3CC(=O)O[C@@H]3[C@H]1O2. The fraction of sp³-hybridized carbons (Fsp3) is 0.522. The van der Waals surface area contributed by atoms with Crippen LogP contribution in [0.3, 0.4) is 0 Å². The molecule has 2 aromatic rings. The maximum Gasteiger partial charge on any atom is 0.407 e. The van der Waals surface area contributed by atoms with Crippen molar-refractivity contribution in [2.45, 2.75) is 63.4 Å². The number of H-pyrrole nitrogens is 1. The number of nitrogens with one attached hydrogen (secondary N) is 2. The predicted octanol–water partition coefficient (Wildman–Crippen LogP) is 3.38. The molecular formula is C23H27N3O5. The van der Waals surface area contributed by atoms with Gasteiger partial charge in [0.2, 0.25) is 0 Å². The van der Waals surface area contributed by atoms with E-state index >= 15 is 0 Å². The number of allylic oxidation sites excluding steroid dienone is 1. The van der Waals surface area contributed by atoms with Crippen molar-refractivity contribution >= 4 is 23.1 Å². The van der Waals surface area contributed by atoms with Crippen LogP contribution in [0.5, 0.6) is 0 Å². The normalized spacial score (nSPS) is 31.7. The van der Waals surface area contributed by atoms with Crippen LogP contribution < -0.4 is 5.32 Å². The Bertz CT molecular complexity index is 998. The summed E-state index contributed by atoms with van der Waals surface area (Å²) in [4.78, 5) is 31.7. The third kappa shape index (κ3) is 4.30. The van der Waals surface area contributed by atoms with Crippen LogP contribution in [0.4, 0.5) is 4.79 Å². The van der Waals surface area contributed by atoms with Crippen molar-refractivity contribution in [2.75, 3.05) is 6.61 Å². The summed E-state index contributed by atoms with van der Waals surface area (Å²) in [6.45, 7) is 2.59. The zero-order valence-electron chi connectivity index (χ0n) is 17.6. The third-order valence-corrected chi connectivity index (χ3v) is 6.54. The Morgan fingerprint density at radius 2 is 2.26 bits per heavy atom. The number of hydrogen-bond donors (Lipinski definition) is 2. The molecule has 0 radical (unpaired) electrons. The zero-order valence-corrected chi connectivity index (χ0v) is 17.6. The van der Waals surface area contributed by atoms with Crippen LogP contribution in [-0.4, -0.2) is 46.4 Å². The second kappa shape index (κ2) is 8.00. The van der Waals surface area contributed by atoms with Crippen molar-refractivity contribution in [3.63, 3.8) is 0 Å². The smallest absolute Gasteiger partial charge is 0.407 e. The average molecular weight is 425 g/mol. The maximum absolute atomic E-state index is 12.2. The molecule has 0 unspecified atom stereocenters. The number of fused-ring (bicyclic) bond motifs is 4. The summed E-state index contributed by atoms with van der Waals surface area (Å²) in [7, 11) is 0. The van der Waals surface area contributed by atoms with Gasteiger partial charge < -0.3 is 24.5 Å². The van der Waals surface area contributed by atoms with Crippen molar-refractivity contribution < 1.29 is 23.8 Å². The number of nitrogens with zero attached hydrogens (tertiary/aromatic N) is 1. The Hall–Kier alpha value is -2.87. The molecule has 8 heteroatoms. The van der Waals surface area contributed by atoms with E-state index in [0.29, 0.717) is 12.2 Å². The molecule has 3 heterocycles. The summed E-state index contributed by atoms with van der Waals surface area (Å²) < 4.78 is 16.9. The van der Waals surface area contributed by atoms with E-state index in [4.69, 9.17) is 14.2 Å². The molecule has 164 valence electrons. The molecule has 1 amide bonds. The van der Waals surface area contributed by atoms with Gasteiger partial charge in [-0.25, -0.2) is 9.78 Å². The largest absolute Gasteiger partial charge is 0.459 e. The molecular weight excluding hydrogens is 398 g/mol. The van der Waals surface area contributed by atoms with E-state index in [2.05, 4.69) is 28.3 Å². The molecule has 1 aromatic heterocycles. The standard InChI is InChI=1S/C23H27N3O5/c1-23-10-4-5-14(8-9-15-11-19(27)30-20(15)21(23)31-23)13-29-22(28)24-12-18-25-16-6-2-3-7-17(16)26-18/h2-3,5-7,15,20-21H,4,8-13H2,1H3,(H,24,28)(H,25,26)/b14-5+/t15-,20-,21+,23+/m0/s1. The number of benzene rings is 1. The summed E-state index contributed by atoms with van der Waals surface area (Å²) in [6, 6.07) is 7.72. The van der Waals surface area contributed by atoms with Crippen LogP contribution in [0.2, 0.25) is 0 Å². The number of ether oxygens (including phenoxy) is 3. The van der Waals surface area contributed by atoms with E-state index in [1.54, 1.807) is 0 Å². The van der Waals surface area contributed by atoms with Gasteiger partial charge in [-0.1, -0.05) is 18.2 Å². The van der Waals surface area contributed by atoms with E-state index in [0.717, 1.165) is 42.3 Å². The molecule has 0 spiro atoms. The Morgan fingerprint density at radius 3 is 3.13 bits per heavy atom. The number of esters is 1. The number of hydrogen-bond acceptors (Lipinski definition) is 6. The first-order chi connectivity index (χ1) is 15.0. The van der Waals surface area contributed by atoms with Gasteiger partial charge in [0.1, 0.15) is 24.6 Å². The van der Waals surface area contributed by atoms with Gasteiger partial charge in [0.15, 0.2) is 0 Å². The molecule has 31 heavy (non-hydrogen) atoms. The summed E-state index contributed by atoms with van der Waals surface area (Å²) in [5.74, 6) is 0.696. The number of alkyl carbamates (subject to hydrolysis) is 1. The van der Waals surface area contributed by atoms with Crippen molar-refractivity contribution in [3.8, 4) is 0 Å². The molecule has 2 aliphatic heterocycles. The molecule has 5 rings (SSSR count). The Balaban J connectivity index is 1.15. The lowest BCUT2D eigenvalue weighted by molar-refractivity contribution is -0.142. The average Bonchev–Trinajstić information content (AvgIpc) is 3.08. The first-order valence-electron chi connectivity index (χ1n) is 10.9. The van der Waals surface area contributed by atoms with Gasteiger partial charge in [-0.05, 0) is 50.3 Å². The number of rotatable bonds is 4. The van der Waals surface area contributed by atoms with Crippen LogP contribution in [0.1, 0.15) is 44.9 Å². The Labute approximate surface area is 180 Å². The van der Waals surface area contributed by atoms with Crippen LogP contribution in [0, 0.1) is 5.92 Å². The highest BCUT2D eigenvalue weighted by Crippen LogP contribution is 2.48. The minimum Gasteiger partial charge on any atom is -0.459 e. The van der Waals surface area contributed by atoms with Crippen molar-refractivity contribution in [1.82, 2.24) is 15.3 Å². The molecule has 1 aromatic carbocycles. The zero-order chi connectivity index (χ0) is 21.4. The number of carbonyl (C=O) groups excluding carboxylic acids is 2. The van der Waals surface area contributed by atoms with E-state index < -0.39 is 6.09 Å². The fourth-order valence-corrected chi connectivity index (χ4v) is 4.69. The Morgan fingerprint density at radius 1 is 1.39 bits per heavy atom. The molecule has 2 saturated heterocycles. The van der Waals surface area contributed by atoms with Gasteiger partial charge in [0.25, 0.3) is 0 Å². The first-order valence-corrected chi connectivity index (χ1v) is 10.9. The summed E-state index contributed by atoms with van der Waals surface area (Å²) >= 11 is 0. The van der Waals surface area contributed by atoms with Crippen molar-refractivity contribution in [2.24, 2.45) is 5.92 Å². The van der Waals surface area contributed by atoms with E-state index in [-0.39, 0.29) is 42.8 Å². The highest BCUT2D eigenvalue weighted by molar-refractivity contribution is 5.75. The second-order valence-corrected chi connectivity index (χ2v) is 8.84. The number of imidazole rings is 1. The molecule has 2 N–H and O–H groups in total. The van der Waals surface area contributed by atoms with Gasteiger partial charge >= 0.3 is 12.1 Å². The van der Waals surface area contributed by atoms with Gasteiger partial charge in [-0.3, -0.25) is 4.79 Å². The summed E-state index contributed by atoms with van der Waals surface area (Å²) in [6.07, 6.45) is 5.27. The molecule has 2 fully saturated rings. The van der Waals surface area contributed by atoms with Crippen molar-refractivity contribution in [3.05, 3.63) is 41.7 Å². The number of carbonyl (C=O) groups is 2. The molecule has 3 aliphatic rings. The molecule has 1 aliphatic carbocycles. The van der Waals surface area contributed by atoms with E-state index in [1.165, 1.54) is 0 Å². The first kappa shape index (κ1) is 20.1. The molecule has 0 bridgehead atoms. The predicted molar refractivity (Wildman–Crippen MR) is 112 cm³/mol. The minimum atomic E-state index is -0.478. The van der Waals surface area contributed by atoms with Crippen LogP contribution >= 0.6 is 0 Å². The highest BCUT2D eigenvalue weighted by atomic mass is 16.6. The van der Waals surface area contributed by atoms with Crippen molar-refractivity contribution in [1.29, 1.82) is 0 Å². The number of epoxide rings is 1. The van der Waals surface area contributed by atoms with Gasteiger partial charge in [0.05, 0.1) is 29.6 Å². The third-order valence-electron chi connectivity index (χ3n) is 6.54. The lowest BCUT2D eigenvalue weighted by Gasteiger charge is -2.19. The van der Waals surface area contributed by atoms with Crippen LogP contribution in [0.15, 0.2) is 35.9 Å². The number of para-hydroxylation sites is 2. The number of aromatic amines is 1. The monoisotopic (exact) mass is 425 g/mol. The fourth-order valence-electron chi connectivity index (χ4n) is 4.69. The number of amides is 1. The van der Waals surface area contributed by atoms with Crippen LogP contribution in [0.25, 0.3) is 11.0 Å². The quantitative estimate of drug-likeness (QED) is 0.442. The topological polar surface area (TPSA) is 106 Å². The highest BCUT2D eigenvalue weighted by Gasteiger charge is 2.60.